The maximum Gasteiger partial charge on any atom is 0.181 e. The Morgan fingerprint density at radius 3 is 2.07 bits per heavy atom. The van der Waals surface area contributed by atoms with Crippen LogP contribution in [0.3, 0.4) is 0 Å². The summed E-state index contributed by atoms with van der Waals surface area (Å²) < 4.78 is 29.9. The van der Waals surface area contributed by atoms with Crippen molar-refractivity contribution in [1.29, 1.82) is 0 Å². The summed E-state index contributed by atoms with van der Waals surface area (Å²) in [6.07, 6.45) is 0. The highest BCUT2D eigenvalue weighted by Crippen LogP contribution is 2.39. The zero-order valence-corrected chi connectivity index (χ0v) is 17.4. The number of ether oxygens (including phenoxy) is 1. The zero-order chi connectivity index (χ0) is 19.3. The molecule has 142 valence electrons. The monoisotopic (exact) mass is 442 g/mol. The highest BCUT2D eigenvalue weighted by Gasteiger charge is 2.52. The Morgan fingerprint density at radius 2 is 1.52 bits per heavy atom. The molecule has 5 nitrogen and oxygen atoms in total. The van der Waals surface area contributed by atoms with E-state index in [4.69, 9.17) is 40.2 Å². The van der Waals surface area contributed by atoms with E-state index in [1.54, 1.807) is 25.3 Å². The lowest BCUT2D eigenvalue weighted by molar-refractivity contribution is 0.415. The molecule has 2 aliphatic heterocycles. The van der Waals surface area contributed by atoms with Crippen molar-refractivity contribution in [2.45, 2.75) is 12.1 Å². The number of nitrogens with zero attached hydrogens (tertiary/aromatic N) is 2. The van der Waals surface area contributed by atoms with Crippen LogP contribution in [0.2, 0.25) is 10.0 Å². The van der Waals surface area contributed by atoms with E-state index >= 15 is 0 Å². The fourth-order valence-electron chi connectivity index (χ4n) is 3.69. The second-order valence-corrected chi connectivity index (χ2v) is 9.86. The molecular formula is C18H16Cl2N2O3S2. The first-order chi connectivity index (χ1) is 12.8. The van der Waals surface area contributed by atoms with Gasteiger partial charge in [0.05, 0.1) is 40.7 Å². The van der Waals surface area contributed by atoms with Crippen molar-refractivity contribution in [1.82, 2.24) is 0 Å². The predicted molar refractivity (Wildman–Crippen MR) is 113 cm³/mol. The summed E-state index contributed by atoms with van der Waals surface area (Å²) in [5, 5.41) is 1.38. The standard InChI is InChI=1S/C18H16Cl2N2O3S2/c1-25-13-5-2-11(3-6-13)21-16-9-27(23,24)10-17(16)22(18(21)26)12-4-7-14(19)15(20)8-12/h2-8,16-17H,9-10H2,1H3/t16-,17+/m0/s1. The topological polar surface area (TPSA) is 49.9 Å². The van der Waals surface area contributed by atoms with Gasteiger partial charge in [-0.1, -0.05) is 23.2 Å². The van der Waals surface area contributed by atoms with Crippen LogP contribution in [-0.2, 0) is 9.84 Å². The summed E-state index contributed by atoms with van der Waals surface area (Å²) in [4.78, 5) is 3.78. The molecule has 27 heavy (non-hydrogen) atoms. The molecule has 4 rings (SSSR count). The summed E-state index contributed by atoms with van der Waals surface area (Å²) in [5.74, 6) is 0.826. The van der Waals surface area contributed by atoms with Crippen molar-refractivity contribution >= 4 is 61.7 Å². The summed E-state index contributed by atoms with van der Waals surface area (Å²) in [5.41, 5.74) is 1.56. The van der Waals surface area contributed by atoms with Gasteiger partial charge >= 0.3 is 0 Å². The Kier molecular flexibility index (Phi) is 4.74. The summed E-state index contributed by atoms with van der Waals surface area (Å²) in [7, 11) is -1.57. The van der Waals surface area contributed by atoms with Crippen LogP contribution < -0.4 is 14.5 Å². The van der Waals surface area contributed by atoms with Crippen molar-refractivity contribution in [2.75, 3.05) is 28.4 Å². The Hall–Kier alpha value is -1.54. The average molecular weight is 443 g/mol. The molecule has 0 aliphatic carbocycles. The molecule has 0 aromatic heterocycles. The molecule has 2 heterocycles. The summed E-state index contributed by atoms with van der Waals surface area (Å²) >= 11 is 18.0. The maximum absolute atomic E-state index is 12.4. The van der Waals surface area contributed by atoms with Gasteiger partial charge in [-0.2, -0.15) is 0 Å². The molecule has 0 spiro atoms. The molecule has 2 atom stereocenters. The van der Waals surface area contributed by atoms with Crippen molar-refractivity contribution in [2.24, 2.45) is 0 Å². The predicted octanol–water partition coefficient (Wildman–Crippen LogP) is 3.78. The second kappa shape index (κ2) is 6.81. The third-order valence-electron chi connectivity index (χ3n) is 4.90. The Labute approximate surface area is 173 Å². The number of thiocarbonyl (C=S) groups is 1. The molecule has 2 saturated heterocycles. The van der Waals surface area contributed by atoms with Crippen LogP contribution >= 0.6 is 35.4 Å². The quantitative estimate of drug-likeness (QED) is 0.674. The van der Waals surface area contributed by atoms with Gasteiger partial charge in [-0.25, -0.2) is 8.42 Å². The van der Waals surface area contributed by atoms with Crippen LogP contribution in [0.15, 0.2) is 42.5 Å². The molecule has 0 N–H and O–H groups in total. The Balaban J connectivity index is 1.78. The highest BCUT2D eigenvalue weighted by atomic mass is 35.5. The molecule has 9 heteroatoms. The minimum atomic E-state index is -3.17. The Morgan fingerprint density at radius 1 is 0.963 bits per heavy atom. The van der Waals surface area contributed by atoms with Gasteiger partial charge in [0, 0.05) is 11.4 Å². The van der Waals surface area contributed by atoms with Gasteiger partial charge in [0.15, 0.2) is 14.9 Å². The van der Waals surface area contributed by atoms with Gasteiger partial charge in [-0.05, 0) is 54.7 Å². The molecule has 0 radical (unpaired) electrons. The first-order valence-corrected chi connectivity index (χ1v) is 11.2. The number of anilines is 2. The minimum Gasteiger partial charge on any atom is -0.497 e. The number of methoxy groups -OCH3 is 1. The maximum atomic E-state index is 12.4. The first kappa shape index (κ1) is 18.8. The van der Waals surface area contributed by atoms with Crippen LogP contribution in [-0.4, -0.2) is 44.2 Å². The molecule has 2 fully saturated rings. The van der Waals surface area contributed by atoms with Crippen LogP contribution in [0.4, 0.5) is 11.4 Å². The molecule has 0 amide bonds. The fraction of sp³-hybridized carbons (Fsp3) is 0.278. The van der Waals surface area contributed by atoms with Gasteiger partial charge in [0.2, 0.25) is 0 Å². The molecular weight excluding hydrogens is 427 g/mol. The van der Waals surface area contributed by atoms with Crippen LogP contribution in [0.5, 0.6) is 5.75 Å². The number of hydrogen-bond acceptors (Lipinski definition) is 4. The molecule has 0 saturated carbocycles. The van der Waals surface area contributed by atoms with Crippen molar-refractivity contribution in [3.63, 3.8) is 0 Å². The van der Waals surface area contributed by atoms with Crippen molar-refractivity contribution in [3.8, 4) is 5.75 Å². The van der Waals surface area contributed by atoms with Crippen LogP contribution in [0.25, 0.3) is 0 Å². The van der Waals surface area contributed by atoms with Crippen molar-refractivity contribution in [3.05, 3.63) is 52.5 Å². The van der Waals surface area contributed by atoms with Gasteiger partial charge in [-0.15, -0.1) is 0 Å². The third kappa shape index (κ3) is 3.27. The van der Waals surface area contributed by atoms with E-state index in [0.717, 1.165) is 17.1 Å². The van der Waals surface area contributed by atoms with E-state index in [1.807, 2.05) is 34.1 Å². The first-order valence-electron chi connectivity index (χ1n) is 8.23. The van der Waals surface area contributed by atoms with Gasteiger partial charge in [-0.3, -0.25) is 0 Å². The number of sulfone groups is 1. The van der Waals surface area contributed by atoms with E-state index < -0.39 is 9.84 Å². The largest absolute Gasteiger partial charge is 0.497 e. The zero-order valence-electron chi connectivity index (χ0n) is 14.3. The highest BCUT2D eigenvalue weighted by molar-refractivity contribution is 7.91. The van der Waals surface area contributed by atoms with Gasteiger partial charge in [0.1, 0.15) is 5.75 Å². The number of fused-ring (bicyclic) bond motifs is 1. The van der Waals surface area contributed by atoms with E-state index in [1.165, 1.54) is 0 Å². The van der Waals surface area contributed by atoms with E-state index in [2.05, 4.69) is 0 Å². The fourth-order valence-corrected chi connectivity index (χ4v) is 6.38. The molecule has 2 aromatic rings. The van der Waals surface area contributed by atoms with E-state index in [-0.39, 0.29) is 23.6 Å². The Bertz CT molecular complexity index is 1010. The number of benzene rings is 2. The average Bonchev–Trinajstić information content (AvgIpc) is 3.06. The smallest absolute Gasteiger partial charge is 0.181 e. The molecule has 0 unspecified atom stereocenters. The third-order valence-corrected chi connectivity index (χ3v) is 7.73. The number of hydrogen-bond donors (Lipinski definition) is 0. The lowest BCUT2D eigenvalue weighted by Crippen LogP contribution is -2.37. The van der Waals surface area contributed by atoms with E-state index in [0.29, 0.717) is 15.2 Å². The van der Waals surface area contributed by atoms with Crippen LogP contribution in [0, 0.1) is 0 Å². The normalized spacial score (nSPS) is 23.6. The van der Waals surface area contributed by atoms with Crippen molar-refractivity contribution < 1.29 is 13.2 Å². The molecule has 2 aliphatic rings. The lowest BCUT2D eigenvalue weighted by atomic mass is 10.1. The summed E-state index contributed by atoms with van der Waals surface area (Å²) in [6.45, 7) is 0. The summed E-state index contributed by atoms with van der Waals surface area (Å²) in [6, 6.07) is 12.1. The number of rotatable bonds is 3. The second-order valence-electron chi connectivity index (χ2n) is 6.53. The minimum absolute atomic E-state index is 0.0463. The molecule has 0 bridgehead atoms. The van der Waals surface area contributed by atoms with Gasteiger partial charge in [0.25, 0.3) is 0 Å². The van der Waals surface area contributed by atoms with Gasteiger partial charge < -0.3 is 14.5 Å². The number of halogens is 2. The molecule has 2 aromatic carbocycles. The van der Waals surface area contributed by atoms with E-state index in [9.17, 15) is 8.42 Å². The lowest BCUT2D eigenvalue weighted by Gasteiger charge is -2.26. The van der Waals surface area contributed by atoms with Crippen LogP contribution in [0.1, 0.15) is 0 Å². The SMILES string of the molecule is COc1ccc(N2C(=S)N(c3ccc(Cl)c(Cl)c3)[C@@H]3CS(=O)(=O)C[C@@H]32)cc1.